The molecule has 4 rings (SSSR count). The SMILES string of the molecule is O=c1n(C2CCC(O)CC2)c(=O)n(C2CCC(O)CC2)c(=O)n1C1CCC(O)CC1. The molecule has 1 aromatic heterocycles. The molecule has 3 fully saturated rings. The van der Waals surface area contributed by atoms with Crippen molar-refractivity contribution in [2.75, 3.05) is 0 Å². The van der Waals surface area contributed by atoms with Crippen LogP contribution in [0.25, 0.3) is 0 Å². The van der Waals surface area contributed by atoms with Gasteiger partial charge < -0.3 is 15.3 Å². The van der Waals surface area contributed by atoms with E-state index in [1.807, 2.05) is 0 Å². The van der Waals surface area contributed by atoms with E-state index in [4.69, 9.17) is 0 Å². The zero-order valence-electron chi connectivity index (χ0n) is 17.4. The van der Waals surface area contributed by atoms with Gasteiger partial charge in [0.25, 0.3) is 0 Å². The first-order valence-corrected chi connectivity index (χ1v) is 11.4. The molecule has 0 radical (unpaired) electrons. The standard InChI is InChI=1S/C21H33N3O6/c25-16-7-1-13(2-8-16)22-19(28)23(14-3-9-17(26)10-4-14)21(30)24(20(22)29)15-5-11-18(27)12-6-15/h13-18,25-27H,1-12H2. The molecular formula is C21H33N3O6. The first-order chi connectivity index (χ1) is 14.4. The Kier molecular flexibility index (Phi) is 6.31. The molecule has 3 saturated carbocycles. The van der Waals surface area contributed by atoms with Crippen LogP contribution in [0.3, 0.4) is 0 Å². The van der Waals surface area contributed by atoms with Crippen LogP contribution in [0.1, 0.15) is 95.2 Å². The quantitative estimate of drug-likeness (QED) is 0.653. The lowest BCUT2D eigenvalue weighted by molar-refractivity contribution is 0.0938. The van der Waals surface area contributed by atoms with Gasteiger partial charge in [0.1, 0.15) is 0 Å². The van der Waals surface area contributed by atoms with Gasteiger partial charge in [-0.15, -0.1) is 0 Å². The Labute approximate surface area is 174 Å². The van der Waals surface area contributed by atoms with Gasteiger partial charge in [0.05, 0.1) is 18.3 Å². The van der Waals surface area contributed by atoms with Crippen molar-refractivity contribution in [2.45, 2.75) is 113 Å². The van der Waals surface area contributed by atoms with Crippen LogP contribution in [0.2, 0.25) is 0 Å². The largest absolute Gasteiger partial charge is 0.393 e. The summed E-state index contributed by atoms with van der Waals surface area (Å²) in [6, 6.07) is -0.973. The Morgan fingerprint density at radius 2 is 0.633 bits per heavy atom. The number of hydrogen-bond acceptors (Lipinski definition) is 6. The Hall–Kier alpha value is -1.71. The highest BCUT2D eigenvalue weighted by Crippen LogP contribution is 2.30. The molecule has 1 heterocycles. The van der Waals surface area contributed by atoms with E-state index >= 15 is 0 Å². The van der Waals surface area contributed by atoms with Crippen LogP contribution in [0.4, 0.5) is 0 Å². The van der Waals surface area contributed by atoms with Crippen molar-refractivity contribution in [1.29, 1.82) is 0 Å². The molecule has 0 unspecified atom stereocenters. The summed E-state index contributed by atoms with van der Waals surface area (Å²) < 4.78 is 3.76. The molecule has 30 heavy (non-hydrogen) atoms. The van der Waals surface area contributed by atoms with Crippen LogP contribution in [-0.2, 0) is 0 Å². The number of nitrogens with zero attached hydrogens (tertiary/aromatic N) is 3. The zero-order valence-corrected chi connectivity index (χ0v) is 17.4. The van der Waals surface area contributed by atoms with Gasteiger partial charge in [-0.1, -0.05) is 0 Å². The first-order valence-electron chi connectivity index (χ1n) is 11.4. The zero-order chi connectivity index (χ0) is 21.4. The molecule has 0 spiro atoms. The third-order valence-corrected chi connectivity index (χ3v) is 7.33. The molecule has 3 aliphatic carbocycles. The van der Waals surface area contributed by atoms with Crippen molar-refractivity contribution in [2.24, 2.45) is 0 Å². The lowest BCUT2D eigenvalue weighted by Gasteiger charge is -2.32. The molecule has 9 nitrogen and oxygen atoms in total. The molecule has 0 saturated heterocycles. The molecule has 0 bridgehead atoms. The van der Waals surface area contributed by atoms with Gasteiger partial charge in [0, 0.05) is 18.1 Å². The van der Waals surface area contributed by atoms with Gasteiger partial charge in [-0.05, 0) is 77.0 Å². The molecule has 0 amide bonds. The molecular weight excluding hydrogens is 390 g/mol. The van der Waals surface area contributed by atoms with Crippen molar-refractivity contribution in [3.63, 3.8) is 0 Å². The molecule has 1 aromatic rings. The van der Waals surface area contributed by atoms with E-state index < -0.39 is 35.4 Å². The van der Waals surface area contributed by atoms with Crippen molar-refractivity contribution < 1.29 is 15.3 Å². The topological polar surface area (TPSA) is 127 Å². The normalized spacial score (nSPS) is 35.3. The highest BCUT2D eigenvalue weighted by Gasteiger charge is 2.33. The Morgan fingerprint density at radius 3 is 0.833 bits per heavy atom. The van der Waals surface area contributed by atoms with Gasteiger partial charge in [-0.2, -0.15) is 0 Å². The molecule has 3 aliphatic rings. The summed E-state index contributed by atoms with van der Waals surface area (Å²) in [6.07, 6.45) is 5.11. The van der Waals surface area contributed by atoms with Crippen molar-refractivity contribution in [3.8, 4) is 0 Å². The maximum absolute atomic E-state index is 13.4. The van der Waals surface area contributed by atoms with Crippen molar-refractivity contribution >= 4 is 0 Å². The third-order valence-electron chi connectivity index (χ3n) is 7.33. The maximum atomic E-state index is 13.4. The van der Waals surface area contributed by atoms with Gasteiger partial charge in [0.15, 0.2) is 0 Å². The smallest absolute Gasteiger partial charge is 0.336 e. The van der Waals surface area contributed by atoms with Crippen LogP contribution in [0.5, 0.6) is 0 Å². The predicted molar refractivity (Wildman–Crippen MR) is 110 cm³/mol. The average Bonchev–Trinajstić information content (AvgIpc) is 2.72. The second kappa shape index (κ2) is 8.80. The van der Waals surface area contributed by atoms with Crippen LogP contribution in [0, 0.1) is 0 Å². The molecule has 9 heteroatoms. The van der Waals surface area contributed by atoms with E-state index in [0.29, 0.717) is 77.0 Å². The van der Waals surface area contributed by atoms with Crippen molar-refractivity contribution in [3.05, 3.63) is 31.5 Å². The van der Waals surface area contributed by atoms with Crippen LogP contribution in [-0.4, -0.2) is 47.3 Å². The number of aromatic nitrogens is 3. The average molecular weight is 424 g/mol. The second-order valence-electron chi connectivity index (χ2n) is 9.34. The van der Waals surface area contributed by atoms with Crippen molar-refractivity contribution in [1.82, 2.24) is 13.7 Å². The van der Waals surface area contributed by atoms with E-state index in [0.717, 1.165) is 0 Å². The number of rotatable bonds is 3. The van der Waals surface area contributed by atoms with E-state index in [9.17, 15) is 29.7 Å². The third kappa shape index (κ3) is 4.07. The summed E-state index contributed by atoms with van der Waals surface area (Å²) in [6.45, 7) is 0. The fourth-order valence-electron chi connectivity index (χ4n) is 5.48. The highest BCUT2D eigenvalue weighted by molar-refractivity contribution is 4.92. The first kappa shape index (κ1) is 21.5. The monoisotopic (exact) mass is 423 g/mol. The molecule has 168 valence electrons. The Bertz CT molecular complexity index is 761. The number of aliphatic hydroxyl groups excluding tert-OH is 3. The summed E-state index contributed by atoms with van der Waals surface area (Å²) in [5.41, 5.74) is -1.67. The summed E-state index contributed by atoms with van der Waals surface area (Å²) in [5.74, 6) is 0. The minimum Gasteiger partial charge on any atom is -0.393 e. The Balaban J connectivity index is 1.82. The summed E-state index contributed by atoms with van der Waals surface area (Å²) in [7, 11) is 0. The van der Waals surface area contributed by atoms with E-state index in [-0.39, 0.29) is 18.1 Å². The van der Waals surface area contributed by atoms with Gasteiger partial charge in [-0.25, -0.2) is 28.1 Å². The van der Waals surface area contributed by atoms with E-state index in [1.165, 1.54) is 13.7 Å². The van der Waals surface area contributed by atoms with Gasteiger partial charge in [-0.3, -0.25) is 0 Å². The fraction of sp³-hybridized carbons (Fsp3) is 0.857. The Morgan fingerprint density at radius 1 is 0.433 bits per heavy atom. The minimum absolute atomic E-state index is 0.324. The van der Waals surface area contributed by atoms with Crippen LogP contribution in [0.15, 0.2) is 14.4 Å². The summed E-state index contributed by atoms with van der Waals surface area (Å²) in [5, 5.41) is 29.5. The summed E-state index contributed by atoms with van der Waals surface area (Å²) in [4.78, 5) is 40.2. The summed E-state index contributed by atoms with van der Waals surface area (Å²) >= 11 is 0. The lowest BCUT2D eigenvalue weighted by Crippen LogP contribution is -2.58. The number of aliphatic hydroxyl groups is 3. The lowest BCUT2D eigenvalue weighted by atomic mass is 9.92. The number of hydrogen-bond donors (Lipinski definition) is 3. The van der Waals surface area contributed by atoms with Crippen LogP contribution < -0.4 is 17.1 Å². The van der Waals surface area contributed by atoms with Gasteiger partial charge >= 0.3 is 17.1 Å². The van der Waals surface area contributed by atoms with E-state index in [2.05, 4.69) is 0 Å². The second-order valence-corrected chi connectivity index (χ2v) is 9.34. The van der Waals surface area contributed by atoms with Gasteiger partial charge in [0.2, 0.25) is 0 Å². The minimum atomic E-state index is -0.556. The van der Waals surface area contributed by atoms with E-state index in [1.54, 1.807) is 0 Å². The maximum Gasteiger partial charge on any atom is 0.336 e. The molecule has 0 atom stereocenters. The molecule has 3 N–H and O–H groups in total. The predicted octanol–water partition coefficient (Wildman–Crippen LogP) is 0.600. The van der Waals surface area contributed by atoms with Crippen LogP contribution >= 0.6 is 0 Å². The molecule has 0 aliphatic heterocycles. The molecule has 0 aromatic carbocycles. The highest BCUT2D eigenvalue weighted by atomic mass is 16.3. The fourth-order valence-corrected chi connectivity index (χ4v) is 5.48.